The van der Waals surface area contributed by atoms with Crippen LogP contribution in [0.15, 0.2) is 30.3 Å². The van der Waals surface area contributed by atoms with Gasteiger partial charge in [-0.15, -0.1) is 0 Å². The van der Waals surface area contributed by atoms with Crippen molar-refractivity contribution >= 4 is 11.8 Å². The molecule has 1 unspecified atom stereocenters. The minimum Gasteiger partial charge on any atom is -0.389 e. The zero-order valence-corrected chi connectivity index (χ0v) is 13.4. The Bertz CT molecular complexity index is 555. The lowest BCUT2D eigenvalue weighted by Gasteiger charge is -2.24. The molecule has 1 aliphatic carbocycles. The van der Waals surface area contributed by atoms with Gasteiger partial charge in [0.25, 0.3) is 0 Å². The van der Waals surface area contributed by atoms with Crippen molar-refractivity contribution in [2.24, 2.45) is 5.92 Å². The van der Waals surface area contributed by atoms with E-state index >= 15 is 0 Å². The summed E-state index contributed by atoms with van der Waals surface area (Å²) in [5, 5.41) is 10.2. The molecule has 1 atom stereocenters. The van der Waals surface area contributed by atoms with Crippen LogP contribution in [0.2, 0.25) is 0 Å². The molecule has 1 aliphatic heterocycles. The molecule has 2 amide bonds. The number of carbonyl (C=O) groups excluding carboxylic acids is 2. The Hall–Kier alpha value is -1.88. The van der Waals surface area contributed by atoms with Crippen LogP contribution in [0.25, 0.3) is 0 Å². The molecule has 1 saturated carbocycles. The first-order valence-corrected chi connectivity index (χ1v) is 8.42. The fraction of sp³-hybridized carbons (Fsp3) is 0.556. The standard InChI is InChI=1S/C18H24N2O3/c21-16-11-19(10-14-6-2-1-3-7-14)17(22)13-20(12-16)18(23)15-8-4-5-9-15/h1-3,6-7,15-16,21H,4-5,8-13H2. The van der Waals surface area contributed by atoms with E-state index in [0.29, 0.717) is 6.54 Å². The van der Waals surface area contributed by atoms with Crippen molar-refractivity contribution in [1.29, 1.82) is 0 Å². The molecule has 0 radical (unpaired) electrons. The molecule has 3 rings (SSSR count). The molecule has 2 fully saturated rings. The van der Waals surface area contributed by atoms with Crippen molar-refractivity contribution in [3.63, 3.8) is 0 Å². The molecule has 1 aromatic carbocycles. The van der Waals surface area contributed by atoms with Gasteiger partial charge in [-0.1, -0.05) is 43.2 Å². The molecular formula is C18H24N2O3. The topological polar surface area (TPSA) is 60.9 Å². The first-order valence-electron chi connectivity index (χ1n) is 8.42. The molecule has 23 heavy (non-hydrogen) atoms. The second kappa shape index (κ2) is 7.13. The lowest BCUT2D eigenvalue weighted by molar-refractivity contribution is -0.141. The summed E-state index contributed by atoms with van der Waals surface area (Å²) < 4.78 is 0. The number of aliphatic hydroxyl groups excluding tert-OH is 1. The van der Waals surface area contributed by atoms with Crippen LogP contribution < -0.4 is 0 Å². The summed E-state index contributed by atoms with van der Waals surface area (Å²) in [6, 6.07) is 9.73. The van der Waals surface area contributed by atoms with Crippen LogP contribution in [0.4, 0.5) is 0 Å². The predicted molar refractivity (Wildman–Crippen MR) is 86.4 cm³/mol. The summed E-state index contributed by atoms with van der Waals surface area (Å²) in [5.41, 5.74) is 1.03. The number of β-amino-alcohol motifs (C(OH)–C–C–N with tert-alkyl or cyclic N) is 1. The van der Waals surface area contributed by atoms with E-state index in [4.69, 9.17) is 0 Å². The van der Waals surface area contributed by atoms with E-state index in [9.17, 15) is 14.7 Å². The van der Waals surface area contributed by atoms with E-state index in [2.05, 4.69) is 0 Å². The number of carbonyl (C=O) groups is 2. The minimum atomic E-state index is -0.685. The third-order valence-electron chi connectivity index (χ3n) is 4.77. The third-order valence-corrected chi connectivity index (χ3v) is 4.77. The maximum Gasteiger partial charge on any atom is 0.242 e. The summed E-state index contributed by atoms with van der Waals surface area (Å²) in [5.74, 6) is -0.0103. The smallest absolute Gasteiger partial charge is 0.242 e. The largest absolute Gasteiger partial charge is 0.389 e. The van der Waals surface area contributed by atoms with Gasteiger partial charge in [-0.2, -0.15) is 0 Å². The first-order chi connectivity index (χ1) is 11.1. The van der Waals surface area contributed by atoms with Crippen molar-refractivity contribution in [2.75, 3.05) is 19.6 Å². The number of amides is 2. The van der Waals surface area contributed by atoms with E-state index in [1.54, 1.807) is 9.80 Å². The Labute approximate surface area is 136 Å². The Kier molecular flexibility index (Phi) is 4.96. The van der Waals surface area contributed by atoms with Crippen LogP contribution in [-0.4, -0.2) is 52.5 Å². The van der Waals surface area contributed by atoms with Gasteiger partial charge >= 0.3 is 0 Å². The van der Waals surface area contributed by atoms with Gasteiger partial charge in [-0.25, -0.2) is 0 Å². The predicted octanol–water partition coefficient (Wildman–Crippen LogP) is 1.41. The fourth-order valence-electron chi connectivity index (χ4n) is 3.55. The Morgan fingerprint density at radius 2 is 1.83 bits per heavy atom. The molecule has 0 bridgehead atoms. The highest BCUT2D eigenvalue weighted by Gasteiger charge is 2.33. The summed E-state index contributed by atoms with van der Waals surface area (Å²) in [6.07, 6.45) is 3.30. The Morgan fingerprint density at radius 1 is 1.13 bits per heavy atom. The monoisotopic (exact) mass is 316 g/mol. The Balaban J connectivity index is 1.67. The molecule has 1 aromatic rings. The van der Waals surface area contributed by atoms with Crippen molar-refractivity contribution in [3.05, 3.63) is 35.9 Å². The molecule has 124 valence electrons. The van der Waals surface area contributed by atoms with E-state index in [0.717, 1.165) is 31.2 Å². The van der Waals surface area contributed by atoms with Gasteiger partial charge in [0.15, 0.2) is 0 Å². The zero-order valence-electron chi connectivity index (χ0n) is 13.4. The molecule has 2 aliphatic rings. The average molecular weight is 316 g/mol. The quantitative estimate of drug-likeness (QED) is 0.917. The maximum atomic E-state index is 12.6. The average Bonchev–Trinajstić information content (AvgIpc) is 3.03. The highest BCUT2D eigenvalue weighted by atomic mass is 16.3. The van der Waals surface area contributed by atoms with Gasteiger partial charge in [-0.05, 0) is 18.4 Å². The summed E-state index contributed by atoms with van der Waals surface area (Å²) in [7, 11) is 0. The number of hydrogen-bond acceptors (Lipinski definition) is 3. The lowest BCUT2D eigenvalue weighted by atomic mass is 10.1. The second-order valence-electron chi connectivity index (χ2n) is 6.61. The van der Waals surface area contributed by atoms with E-state index in [1.165, 1.54) is 0 Å². The zero-order chi connectivity index (χ0) is 16.2. The minimum absolute atomic E-state index is 0.0377. The van der Waals surface area contributed by atoms with Gasteiger partial charge in [0, 0.05) is 25.6 Å². The molecular weight excluding hydrogens is 292 g/mol. The highest BCUT2D eigenvalue weighted by Crippen LogP contribution is 2.27. The van der Waals surface area contributed by atoms with Crippen LogP contribution >= 0.6 is 0 Å². The second-order valence-corrected chi connectivity index (χ2v) is 6.61. The van der Waals surface area contributed by atoms with Gasteiger partial charge in [-0.3, -0.25) is 9.59 Å². The molecule has 5 heteroatoms. The summed E-state index contributed by atoms with van der Waals surface area (Å²) >= 11 is 0. The van der Waals surface area contributed by atoms with Gasteiger partial charge < -0.3 is 14.9 Å². The van der Waals surface area contributed by atoms with E-state index in [1.807, 2.05) is 30.3 Å². The van der Waals surface area contributed by atoms with E-state index < -0.39 is 6.10 Å². The van der Waals surface area contributed by atoms with Gasteiger partial charge in [0.05, 0.1) is 12.6 Å². The van der Waals surface area contributed by atoms with Gasteiger partial charge in [0.2, 0.25) is 11.8 Å². The molecule has 1 heterocycles. The maximum absolute atomic E-state index is 12.6. The summed E-state index contributed by atoms with van der Waals surface area (Å²) in [6.45, 7) is 1.09. The molecule has 1 N–H and O–H groups in total. The SMILES string of the molecule is O=C1CN(C(=O)C2CCCC2)CC(O)CN1Cc1ccccc1. The first kappa shape index (κ1) is 16.0. The molecule has 1 saturated heterocycles. The molecule has 0 aromatic heterocycles. The van der Waals surface area contributed by atoms with Gasteiger partial charge in [0.1, 0.15) is 0 Å². The van der Waals surface area contributed by atoms with Crippen molar-refractivity contribution < 1.29 is 14.7 Å². The highest BCUT2D eigenvalue weighted by molar-refractivity contribution is 5.86. The number of rotatable bonds is 3. The Morgan fingerprint density at radius 3 is 2.52 bits per heavy atom. The number of nitrogens with zero attached hydrogens (tertiary/aromatic N) is 2. The van der Waals surface area contributed by atoms with Crippen LogP contribution in [0, 0.1) is 5.92 Å². The van der Waals surface area contributed by atoms with Crippen LogP contribution in [0.5, 0.6) is 0 Å². The molecule has 0 spiro atoms. The van der Waals surface area contributed by atoms with Crippen molar-refractivity contribution in [2.45, 2.75) is 38.3 Å². The summed E-state index contributed by atoms with van der Waals surface area (Å²) in [4.78, 5) is 28.3. The number of benzene rings is 1. The van der Waals surface area contributed by atoms with Crippen molar-refractivity contribution in [1.82, 2.24) is 9.80 Å². The fourth-order valence-corrected chi connectivity index (χ4v) is 3.55. The lowest BCUT2D eigenvalue weighted by Crippen LogP contribution is -2.42. The van der Waals surface area contributed by atoms with E-state index in [-0.39, 0.29) is 37.4 Å². The van der Waals surface area contributed by atoms with Crippen LogP contribution in [0.3, 0.4) is 0 Å². The number of hydrogen-bond donors (Lipinski definition) is 1. The normalized spacial score (nSPS) is 23.2. The molecule has 5 nitrogen and oxygen atoms in total. The van der Waals surface area contributed by atoms with Crippen LogP contribution in [-0.2, 0) is 16.1 Å². The number of aliphatic hydroxyl groups is 1. The van der Waals surface area contributed by atoms with Crippen molar-refractivity contribution in [3.8, 4) is 0 Å². The third kappa shape index (κ3) is 3.91. The van der Waals surface area contributed by atoms with Crippen LogP contribution in [0.1, 0.15) is 31.2 Å².